The predicted octanol–water partition coefficient (Wildman–Crippen LogP) is 6.26. The van der Waals surface area contributed by atoms with Crippen molar-refractivity contribution in [2.45, 2.75) is 30.5 Å². The van der Waals surface area contributed by atoms with E-state index >= 15 is 0 Å². The highest BCUT2D eigenvalue weighted by Crippen LogP contribution is 2.47. The Bertz CT molecular complexity index is 1010. The summed E-state index contributed by atoms with van der Waals surface area (Å²) in [5.74, 6) is 1.20. The van der Waals surface area contributed by atoms with E-state index in [1.807, 2.05) is 30.3 Å². The van der Waals surface area contributed by atoms with Gasteiger partial charge in [0.2, 0.25) is 0 Å². The molecule has 2 heterocycles. The summed E-state index contributed by atoms with van der Waals surface area (Å²) in [5, 5.41) is 0.744. The summed E-state index contributed by atoms with van der Waals surface area (Å²) in [6, 6.07) is 15.0. The number of fused-ring (bicyclic) bond motifs is 3. The number of alkyl halides is 1. The second kappa shape index (κ2) is 6.75. The minimum atomic E-state index is -0.213. The number of rotatable bonds is 3. The Labute approximate surface area is 166 Å². The minimum absolute atomic E-state index is 0.213. The van der Waals surface area contributed by atoms with Gasteiger partial charge in [-0.2, -0.15) is 0 Å². The molecular weight excluding hydrogens is 405 g/mol. The van der Waals surface area contributed by atoms with Crippen LogP contribution >= 0.6 is 15.9 Å². The van der Waals surface area contributed by atoms with Crippen molar-refractivity contribution in [1.82, 2.24) is 4.98 Å². The third kappa shape index (κ3) is 2.96. The lowest BCUT2D eigenvalue weighted by molar-refractivity contribution is 0.326. The minimum Gasteiger partial charge on any atom is -0.493 e. The van der Waals surface area contributed by atoms with E-state index in [1.165, 1.54) is 47.4 Å². The largest absolute Gasteiger partial charge is 0.493 e. The van der Waals surface area contributed by atoms with Crippen LogP contribution in [0.4, 0.5) is 4.39 Å². The maximum atomic E-state index is 13.6. The molecular formula is C23H19BrFNO. The highest BCUT2D eigenvalue weighted by Gasteiger charge is 2.32. The van der Waals surface area contributed by atoms with Crippen molar-refractivity contribution in [3.63, 3.8) is 0 Å². The molecule has 1 saturated carbocycles. The zero-order valence-electron chi connectivity index (χ0n) is 14.8. The Morgan fingerprint density at radius 1 is 1.07 bits per heavy atom. The van der Waals surface area contributed by atoms with Crippen molar-refractivity contribution in [2.24, 2.45) is 0 Å². The molecule has 0 unspecified atom stereocenters. The second-order valence-corrected chi connectivity index (χ2v) is 7.75. The highest BCUT2D eigenvalue weighted by molar-refractivity contribution is 9.08. The summed E-state index contributed by atoms with van der Waals surface area (Å²) in [6.45, 7) is 0.615. The number of hydrogen-bond acceptors (Lipinski definition) is 2. The van der Waals surface area contributed by atoms with Crippen LogP contribution < -0.4 is 4.74 Å². The Morgan fingerprint density at radius 3 is 2.59 bits per heavy atom. The number of pyridine rings is 1. The average Bonchev–Trinajstić information content (AvgIpc) is 3.54. The summed E-state index contributed by atoms with van der Waals surface area (Å²) in [6.07, 6.45) is 3.16. The van der Waals surface area contributed by atoms with Crippen molar-refractivity contribution in [1.29, 1.82) is 0 Å². The van der Waals surface area contributed by atoms with Crippen LogP contribution in [-0.4, -0.2) is 11.6 Å². The van der Waals surface area contributed by atoms with Gasteiger partial charge in [0, 0.05) is 28.9 Å². The molecule has 0 amide bonds. The van der Waals surface area contributed by atoms with Gasteiger partial charge in [0.25, 0.3) is 0 Å². The van der Waals surface area contributed by atoms with Crippen LogP contribution in [0.25, 0.3) is 22.4 Å². The molecule has 0 atom stereocenters. The Balaban J connectivity index is 1.84. The first-order valence-corrected chi connectivity index (χ1v) is 10.5. The van der Waals surface area contributed by atoms with E-state index in [-0.39, 0.29) is 5.82 Å². The average molecular weight is 424 g/mol. The van der Waals surface area contributed by atoms with Crippen LogP contribution in [0.1, 0.15) is 35.6 Å². The molecule has 0 N–H and O–H groups in total. The van der Waals surface area contributed by atoms with Crippen LogP contribution in [0.3, 0.4) is 0 Å². The monoisotopic (exact) mass is 423 g/mol. The third-order valence-electron chi connectivity index (χ3n) is 5.41. The first-order chi connectivity index (χ1) is 13.3. The summed E-state index contributed by atoms with van der Waals surface area (Å²) in [4.78, 5) is 5.17. The van der Waals surface area contributed by atoms with Gasteiger partial charge in [0.15, 0.2) is 0 Å². The molecule has 1 aliphatic heterocycles. The number of para-hydroxylation sites is 1. The van der Waals surface area contributed by atoms with Crippen LogP contribution in [0.15, 0.2) is 48.5 Å². The normalized spacial score (nSPS) is 15.5. The smallest absolute Gasteiger partial charge is 0.128 e. The van der Waals surface area contributed by atoms with Gasteiger partial charge in [-0.05, 0) is 59.4 Å². The van der Waals surface area contributed by atoms with Crippen molar-refractivity contribution in [2.75, 3.05) is 6.61 Å². The van der Waals surface area contributed by atoms with E-state index < -0.39 is 0 Å². The number of halogens is 2. The molecule has 5 rings (SSSR count). The van der Waals surface area contributed by atoms with E-state index in [9.17, 15) is 4.39 Å². The van der Waals surface area contributed by atoms with E-state index in [0.717, 1.165) is 34.3 Å². The summed E-state index contributed by atoms with van der Waals surface area (Å²) in [5.41, 5.74) is 7.93. The van der Waals surface area contributed by atoms with Gasteiger partial charge in [-0.3, -0.25) is 4.98 Å². The molecule has 1 fully saturated rings. The maximum absolute atomic E-state index is 13.6. The fraction of sp³-hybridized carbons (Fsp3) is 0.261. The molecule has 2 aliphatic rings. The van der Waals surface area contributed by atoms with Gasteiger partial charge in [0.1, 0.15) is 11.6 Å². The standard InChI is InChI=1S/C23H19BrFNO/c24-13-19-21(14-7-9-16(25)10-8-14)18-11-12-27-20-4-2-1-3-17(20)23(18)26-22(19)15-5-6-15/h1-4,7-10,15H,5-6,11-13H2. The lowest BCUT2D eigenvalue weighted by Crippen LogP contribution is -2.07. The second-order valence-electron chi connectivity index (χ2n) is 7.19. The van der Waals surface area contributed by atoms with Gasteiger partial charge < -0.3 is 4.74 Å². The Kier molecular flexibility index (Phi) is 4.24. The third-order valence-corrected chi connectivity index (χ3v) is 5.97. The number of nitrogens with zero attached hydrogens (tertiary/aromatic N) is 1. The first-order valence-electron chi connectivity index (χ1n) is 9.36. The molecule has 0 radical (unpaired) electrons. The molecule has 2 aromatic carbocycles. The van der Waals surface area contributed by atoms with E-state index in [4.69, 9.17) is 9.72 Å². The van der Waals surface area contributed by atoms with E-state index in [1.54, 1.807) is 0 Å². The fourth-order valence-corrected chi connectivity index (χ4v) is 4.56. The topological polar surface area (TPSA) is 22.1 Å². The quantitative estimate of drug-likeness (QED) is 0.463. The molecule has 0 saturated heterocycles. The lowest BCUT2D eigenvalue weighted by Gasteiger charge is -2.20. The molecule has 136 valence electrons. The van der Waals surface area contributed by atoms with Crippen molar-refractivity contribution >= 4 is 15.9 Å². The molecule has 4 heteroatoms. The lowest BCUT2D eigenvalue weighted by atomic mass is 9.89. The first kappa shape index (κ1) is 16.9. The van der Waals surface area contributed by atoms with E-state index in [0.29, 0.717) is 12.5 Å². The maximum Gasteiger partial charge on any atom is 0.128 e. The number of ether oxygens (including phenoxy) is 1. The highest BCUT2D eigenvalue weighted by atomic mass is 79.9. The van der Waals surface area contributed by atoms with Crippen LogP contribution in [0.2, 0.25) is 0 Å². The number of aromatic nitrogens is 1. The van der Waals surface area contributed by atoms with Gasteiger partial charge in [-0.1, -0.05) is 40.2 Å². The van der Waals surface area contributed by atoms with Crippen LogP contribution in [0.5, 0.6) is 5.75 Å². The molecule has 27 heavy (non-hydrogen) atoms. The molecule has 1 aliphatic carbocycles. The fourth-order valence-electron chi connectivity index (χ4n) is 4.00. The summed E-state index contributed by atoms with van der Waals surface area (Å²) in [7, 11) is 0. The zero-order valence-corrected chi connectivity index (χ0v) is 16.4. The van der Waals surface area contributed by atoms with Gasteiger partial charge in [0.05, 0.1) is 12.3 Å². The molecule has 3 aromatic rings. The summed E-state index contributed by atoms with van der Waals surface area (Å²) >= 11 is 3.70. The molecule has 0 bridgehead atoms. The predicted molar refractivity (Wildman–Crippen MR) is 109 cm³/mol. The molecule has 0 spiro atoms. The molecule has 1 aromatic heterocycles. The SMILES string of the molecule is Fc1ccc(-c2c3c(nc(C4CC4)c2CBr)-c2ccccc2OCC3)cc1. The zero-order chi connectivity index (χ0) is 18.4. The van der Waals surface area contributed by atoms with Crippen molar-refractivity contribution < 1.29 is 9.13 Å². The van der Waals surface area contributed by atoms with E-state index in [2.05, 4.69) is 22.0 Å². The molecule has 2 nitrogen and oxygen atoms in total. The van der Waals surface area contributed by atoms with Gasteiger partial charge in [-0.15, -0.1) is 0 Å². The van der Waals surface area contributed by atoms with Crippen molar-refractivity contribution in [3.05, 3.63) is 71.2 Å². The Morgan fingerprint density at radius 2 is 1.85 bits per heavy atom. The van der Waals surface area contributed by atoms with Crippen LogP contribution in [-0.2, 0) is 11.8 Å². The van der Waals surface area contributed by atoms with Crippen molar-refractivity contribution in [3.8, 4) is 28.1 Å². The van der Waals surface area contributed by atoms with Gasteiger partial charge >= 0.3 is 0 Å². The number of benzene rings is 2. The Hall–Kier alpha value is -2.20. The number of hydrogen-bond donors (Lipinski definition) is 0. The van der Waals surface area contributed by atoms with Crippen LogP contribution in [0, 0.1) is 5.82 Å². The van der Waals surface area contributed by atoms with Gasteiger partial charge in [-0.25, -0.2) is 4.39 Å². The summed E-state index contributed by atoms with van der Waals surface area (Å²) < 4.78 is 19.6.